The molecule has 1 unspecified atom stereocenters. The number of carbonyl (C=O) groups excluding carboxylic acids is 1. The van der Waals surface area contributed by atoms with E-state index in [1.807, 2.05) is 11.8 Å². The number of amides is 1. The van der Waals surface area contributed by atoms with Gasteiger partial charge in [-0.05, 0) is 32.0 Å². The quantitative estimate of drug-likeness (QED) is 0.686. The Kier molecular flexibility index (Phi) is 6.21. The van der Waals surface area contributed by atoms with Gasteiger partial charge in [0.05, 0.1) is 13.2 Å². The molecule has 1 aliphatic rings. The molecule has 1 aliphatic heterocycles. The first kappa shape index (κ1) is 14.2. The number of methoxy groups -OCH3 is 1. The Hall–Kier alpha value is -0.880. The molecule has 2 N–H and O–H groups in total. The zero-order valence-corrected chi connectivity index (χ0v) is 11.3. The van der Waals surface area contributed by atoms with Crippen LogP contribution in [0.4, 0.5) is 0 Å². The van der Waals surface area contributed by atoms with E-state index in [2.05, 4.69) is 10.6 Å². The van der Waals surface area contributed by atoms with Crippen molar-refractivity contribution in [1.29, 1.82) is 0 Å². The molecule has 1 saturated heterocycles. The minimum atomic E-state index is 0.117. The maximum absolute atomic E-state index is 11.7. The standard InChI is InChI=1S/C11H21N3O2S/c1-9(8-16-2)13-11(17)12-7-10(15)14-5-3-4-6-14/h9H,3-8H2,1-2H3,(H2,12,13,17). The molecule has 0 aliphatic carbocycles. The van der Waals surface area contributed by atoms with E-state index in [0.717, 1.165) is 25.9 Å². The van der Waals surface area contributed by atoms with Crippen LogP contribution in [0.5, 0.6) is 0 Å². The average molecular weight is 259 g/mol. The van der Waals surface area contributed by atoms with Crippen LogP contribution in [0.3, 0.4) is 0 Å². The minimum Gasteiger partial charge on any atom is -0.383 e. The lowest BCUT2D eigenvalue weighted by Gasteiger charge is -2.18. The molecule has 1 amide bonds. The van der Waals surface area contributed by atoms with Crippen molar-refractivity contribution in [1.82, 2.24) is 15.5 Å². The molecule has 0 aromatic rings. The van der Waals surface area contributed by atoms with Crippen LogP contribution in [0.15, 0.2) is 0 Å². The van der Waals surface area contributed by atoms with Gasteiger partial charge < -0.3 is 20.3 Å². The predicted octanol–water partition coefficient (Wildman–Crippen LogP) is 0.108. The summed E-state index contributed by atoms with van der Waals surface area (Å²) in [6, 6.07) is 0.141. The summed E-state index contributed by atoms with van der Waals surface area (Å²) in [6.45, 7) is 4.58. The number of hydrogen-bond donors (Lipinski definition) is 2. The van der Waals surface area contributed by atoms with E-state index in [1.165, 1.54) is 0 Å². The Bertz CT molecular complexity index is 267. The summed E-state index contributed by atoms with van der Waals surface area (Å²) >= 11 is 5.09. The van der Waals surface area contributed by atoms with Crippen molar-refractivity contribution in [3.05, 3.63) is 0 Å². The van der Waals surface area contributed by atoms with E-state index in [1.54, 1.807) is 7.11 Å². The van der Waals surface area contributed by atoms with Gasteiger partial charge >= 0.3 is 0 Å². The third-order valence-electron chi connectivity index (χ3n) is 2.65. The Morgan fingerprint density at radius 3 is 2.71 bits per heavy atom. The van der Waals surface area contributed by atoms with Crippen LogP contribution in [-0.2, 0) is 9.53 Å². The van der Waals surface area contributed by atoms with Crippen molar-refractivity contribution in [2.75, 3.05) is 33.4 Å². The van der Waals surface area contributed by atoms with Gasteiger partial charge in [-0.3, -0.25) is 4.79 Å². The molecule has 0 spiro atoms. The third-order valence-corrected chi connectivity index (χ3v) is 2.92. The number of rotatable bonds is 5. The lowest BCUT2D eigenvalue weighted by atomic mass is 10.4. The molecule has 17 heavy (non-hydrogen) atoms. The van der Waals surface area contributed by atoms with Gasteiger partial charge in [0, 0.05) is 26.2 Å². The number of nitrogens with zero attached hydrogens (tertiary/aromatic N) is 1. The van der Waals surface area contributed by atoms with Gasteiger partial charge in [-0.2, -0.15) is 0 Å². The van der Waals surface area contributed by atoms with Gasteiger partial charge in [0.2, 0.25) is 5.91 Å². The van der Waals surface area contributed by atoms with Crippen LogP contribution in [-0.4, -0.2) is 55.3 Å². The normalized spacial score (nSPS) is 16.7. The van der Waals surface area contributed by atoms with E-state index in [9.17, 15) is 4.79 Å². The summed E-state index contributed by atoms with van der Waals surface area (Å²) in [5, 5.41) is 6.48. The first-order chi connectivity index (χ1) is 8.13. The summed E-state index contributed by atoms with van der Waals surface area (Å²) in [5.74, 6) is 0.117. The highest BCUT2D eigenvalue weighted by Crippen LogP contribution is 2.06. The fraction of sp³-hybridized carbons (Fsp3) is 0.818. The molecular weight excluding hydrogens is 238 g/mol. The third kappa shape index (κ3) is 5.32. The molecule has 0 saturated carbocycles. The first-order valence-electron chi connectivity index (χ1n) is 5.94. The largest absolute Gasteiger partial charge is 0.383 e. The summed E-state index contributed by atoms with van der Waals surface area (Å²) in [5.41, 5.74) is 0. The zero-order valence-electron chi connectivity index (χ0n) is 10.5. The van der Waals surface area contributed by atoms with E-state index < -0.39 is 0 Å². The SMILES string of the molecule is COCC(C)NC(=S)NCC(=O)N1CCCC1. The molecule has 6 heteroatoms. The number of thiocarbonyl (C=S) groups is 1. The molecular formula is C11H21N3O2S. The number of nitrogens with one attached hydrogen (secondary N) is 2. The maximum atomic E-state index is 11.7. The second kappa shape index (κ2) is 7.45. The van der Waals surface area contributed by atoms with Crippen LogP contribution in [0.25, 0.3) is 0 Å². The second-order valence-corrected chi connectivity index (χ2v) is 4.68. The highest BCUT2D eigenvalue weighted by atomic mass is 32.1. The summed E-state index contributed by atoms with van der Waals surface area (Å²) in [4.78, 5) is 13.6. The number of likely N-dealkylation sites (tertiary alicyclic amines) is 1. The van der Waals surface area contributed by atoms with Gasteiger partial charge in [0.15, 0.2) is 5.11 Å². The summed E-state index contributed by atoms with van der Waals surface area (Å²) in [6.07, 6.45) is 2.22. The predicted molar refractivity (Wildman–Crippen MR) is 70.9 cm³/mol. The van der Waals surface area contributed by atoms with Crippen LogP contribution in [0.1, 0.15) is 19.8 Å². The summed E-state index contributed by atoms with van der Waals surface area (Å²) in [7, 11) is 1.64. The highest BCUT2D eigenvalue weighted by molar-refractivity contribution is 7.80. The summed E-state index contributed by atoms with van der Waals surface area (Å²) < 4.78 is 4.99. The minimum absolute atomic E-state index is 0.117. The molecule has 0 aromatic carbocycles. The lowest BCUT2D eigenvalue weighted by Crippen LogP contribution is -2.46. The van der Waals surface area contributed by atoms with Crippen molar-refractivity contribution in [3.8, 4) is 0 Å². The Morgan fingerprint density at radius 1 is 1.47 bits per heavy atom. The van der Waals surface area contributed by atoms with Crippen LogP contribution < -0.4 is 10.6 Å². The van der Waals surface area contributed by atoms with E-state index in [4.69, 9.17) is 17.0 Å². The topological polar surface area (TPSA) is 53.6 Å². The Labute approximate surface area is 108 Å². The molecule has 0 bridgehead atoms. The maximum Gasteiger partial charge on any atom is 0.241 e. The van der Waals surface area contributed by atoms with Gasteiger partial charge in [0.25, 0.3) is 0 Å². The van der Waals surface area contributed by atoms with E-state index >= 15 is 0 Å². The molecule has 1 rings (SSSR count). The van der Waals surface area contributed by atoms with Gasteiger partial charge in [-0.15, -0.1) is 0 Å². The molecule has 0 radical (unpaired) electrons. The van der Waals surface area contributed by atoms with Crippen molar-refractivity contribution in [2.24, 2.45) is 0 Å². The average Bonchev–Trinajstić information content (AvgIpc) is 2.79. The van der Waals surface area contributed by atoms with Crippen LogP contribution >= 0.6 is 12.2 Å². The molecule has 1 heterocycles. The fourth-order valence-corrected chi connectivity index (χ4v) is 2.07. The van der Waals surface area contributed by atoms with Crippen molar-refractivity contribution in [3.63, 3.8) is 0 Å². The number of hydrogen-bond acceptors (Lipinski definition) is 3. The second-order valence-electron chi connectivity index (χ2n) is 4.27. The Morgan fingerprint density at radius 2 is 2.12 bits per heavy atom. The Balaban J connectivity index is 2.16. The molecule has 0 aromatic heterocycles. The number of ether oxygens (including phenoxy) is 1. The van der Waals surface area contributed by atoms with Gasteiger partial charge in [0.1, 0.15) is 0 Å². The fourth-order valence-electron chi connectivity index (χ4n) is 1.80. The van der Waals surface area contributed by atoms with E-state index in [0.29, 0.717) is 11.7 Å². The zero-order chi connectivity index (χ0) is 12.7. The first-order valence-corrected chi connectivity index (χ1v) is 6.35. The van der Waals surface area contributed by atoms with E-state index in [-0.39, 0.29) is 18.5 Å². The van der Waals surface area contributed by atoms with Crippen molar-refractivity contribution in [2.45, 2.75) is 25.8 Å². The molecule has 5 nitrogen and oxygen atoms in total. The molecule has 1 fully saturated rings. The van der Waals surface area contributed by atoms with Crippen LogP contribution in [0.2, 0.25) is 0 Å². The van der Waals surface area contributed by atoms with Crippen molar-refractivity contribution >= 4 is 23.2 Å². The van der Waals surface area contributed by atoms with Gasteiger partial charge in [-0.1, -0.05) is 0 Å². The molecule has 98 valence electrons. The lowest BCUT2D eigenvalue weighted by molar-refractivity contribution is -0.128. The monoisotopic (exact) mass is 259 g/mol. The smallest absolute Gasteiger partial charge is 0.241 e. The molecule has 1 atom stereocenters. The highest BCUT2D eigenvalue weighted by Gasteiger charge is 2.17. The van der Waals surface area contributed by atoms with Crippen LogP contribution in [0, 0.1) is 0 Å². The number of carbonyl (C=O) groups is 1. The van der Waals surface area contributed by atoms with Crippen molar-refractivity contribution < 1.29 is 9.53 Å². The van der Waals surface area contributed by atoms with Gasteiger partial charge in [-0.25, -0.2) is 0 Å².